The third kappa shape index (κ3) is 3.70. The minimum Gasteiger partial charge on any atom is -0.494 e. The van der Waals surface area contributed by atoms with Crippen molar-refractivity contribution in [2.45, 2.75) is 46.2 Å². The number of aromatic amines is 1. The summed E-state index contributed by atoms with van der Waals surface area (Å²) in [5.41, 5.74) is 0.960. The zero-order chi connectivity index (χ0) is 21.9. The number of aromatic nitrogens is 6. The van der Waals surface area contributed by atoms with Gasteiger partial charge in [-0.1, -0.05) is 20.8 Å². The van der Waals surface area contributed by atoms with Crippen LogP contribution in [-0.4, -0.2) is 46.4 Å². The Morgan fingerprint density at radius 3 is 2.78 bits per heavy atom. The average Bonchev–Trinajstić information content (AvgIpc) is 3.24. The van der Waals surface area contributed by atoms with Crippen molar-refractivity contribution in [2.75, 3.05) is 0 Å². The van der Waals surface area contributed by atoms with Crippen molar-refractivity contribution < 1.29 is 9.90 Å². The molecule has 1 aliphatic rings. The summed E-state index contributed by atoms with van der Waals surface area (Å²) < 4.78 is 2.73. The van der Waals surface area contributed by atoms with Crippen LogP contribution < -0.4 is 10.9 Å². The van der Waals surface area contributed by atoms with Gasteiger partial charge < -0.3 is 10.4 Å². The highest BCUT2D eigenvalue weighted by molar-refractivity contribution is 5.97. The number of nitrogens with one attached hydrogen (secondary N) is 2. The van der Waals surface area contributed by atoms with Crippen molar-refractivity contribution >= 4 is 34.9 Å². The minimum absolute atomic E-state index is 0. The summed E-state index contributed by atoms with van der Waals surface area (Å²) in [6, 6.07) is 3.54. The quantitative estimate of drug-likeness (QED) is 0.431. The van der Waals surface area contributed by atoms with Gasteiger partial charge in [-0.15, -0.1) is 12.4 Å². The SMILES string of the molecule is CC(C)(C)Cn1c(O)c(C(=O)NC2CC2)c(=O)n2nc(-c3n[nH]c4ccncc34)cc12.Cl. The van der Waals surface area contributed by atoms with E-state index in [2.05, 4.69) is 25.6 Å². The molecule has 1 fully saturated rings. The molecule has 4 aromatic heterocycles. The lowest BCUT2D eigenvalue weighted by molar-refractivity contribution is 0.0944. The summed E-state index contributed by atoms with van der Waals surface area (Å²) in [7, 11) is 0. The monoisotopic (exact) mass is 457 g/mol. The van der Waals surface area contributed by atoms with Crippen molar-refractivity contribution in [3.05, 3.63) is 40.4 Å². The number of pyridine rings is 1. The Morgan fingerprint density at radius 2 is 2.09 bits per heavy atom. The van der Waals surface area contributed by atoms with Crippen LogP contribution in [0.1, 0.15) is 44.0 Å². The minimum atomic E-state index is -0.667. The largest absolute Gasteiger partial charge is 0.494 e. The van der Waals surface area contributed by atoms with Crippen LogP contribution >= 0.6 is 12.4 Å². The Morgan fingerprint density at radius 1 is 1.34 bits per heavy atom. The molecule has 0 saturated heterocycles. The summed E-state index contributed by atoms with van der Waals surface area (Å²) in [5.74, 6) is -0.938. The van der Waals surface area contributed by atoms with Crippen LogP contribution in [-0.2, 0) is 6.54 Å². The van der Waals surface area contributed by atoms with E-state index in [1.165, 1.54) is 4.52 Å². The molecule has 0 atom stereocenters. The summed E-state index contributed by atoms with van der Waals surface area (Å²) >= 11 is 0. The van der Waals surface area contributed by atoms with Crippen LogP contribution in [0.5, 0.6) is 5.88 Å². The molecule has 1 amide bonds. The summed E-state index contributed by atoms with van der Waals surface area (Å²) in [5, 5.41) is 26.2. The molecule has 10 nitrogen and oxygen atoms in total. The van der Waals surface area contributed by atoms with Crippen LogP contribution in [0.25, 0.3) is 27.9 Å². The van der Waals surface area contributed by atoms with Gasteiger partial charge in [0.05, 0.1) is 5.52 Å². The smallest absolute Gasteiger partial charge is 0.291 e. The lowest BCUT2D eigenvalue weighted by Gasteiger charge is -2.23. The number of hydrogen-bond acceptors (Lipinski definition) is 6. The molecule has 0 spiro atoms. The maximum Gasteiger partial charge on any atom is 0.291 e. The van der Waals surface area contributed by atoms with E-state index in [0.29, 0.717) is 23.6 Å². The Balaban J connectivity index is 0.00000245. The zero-order valence-corrected chi connectivity index (χ0v) is 18.7. The van der Waals surface area contributed by atoms with Gasteiger partial charge in [0, 0.05) is 36.4 Å². The molecule has 11 heteroatoms. The number of nitrogens with zero attached hydrogens (tertiary/aromatic N) is 5. The molecule has 5 rings (SSSR count). The Kier molecular flexibility index (Phi) is 5.20. The number of rotatable bonds is 4. The van der Waals surface area contributed by atoms with Crippen molar-refractivity contribution in [3.63, 3.8) is 0 Å². The molecule has 1 saturated carbocycles. The standard InChI is InChI=1S/C21H23N7O3.ClH/c1-21(2,3)10-27-15-8-14(17-12-9-22-7-6-13(12)24-25-17)26-28(15)20(31)16(19(27)30)18(29)23-11-4-5-11;/h6-9,11,30H,4-5,10H2,1-3H3,(H,23,29)(H,24,25);1H. The van der Waals surface area contributed by atoms with Gasteiger partial charge in [0.2, 0.25) is 5.88 Å². The first-order valence-electron chi connectivity index (χ1n) is 10.2. The molecule has 4 aromatic rings. The van der Waals surface area contributed by atoms with E-state index in [1.807, 2.05) is 20.8 Å². The van der Waals surface area contributed by atoms with Gasteiger partial charge in [0.1, 0.15) is 17.0 Å². The lowest BCUT2D eigenvalue weighted by atomic mass is 9.96. The first-order valence-corrected chi connectivity index (χ1v) is 10.2. The van der Waals surface area contributed by atoms with E-state index in [1.54, 1.807) is 29.1 Å². The number of H-pyrrole nitrogens is 1. The van der Waals surface area contributed by atoms with Gasteiger partial charge in [-0.3, -0.25) is 24.2 Å². The van der Waals surface area contributed by atoms with E-state index in [4.69, 9.17) is 0 Å². The molecule has 0 aromatic carbocycles. The van der Waals surface area contributed by atoms with Crippen LogP contribution in [0.3, 0.4) is 0 Å². The van der Waals surface area contributed by atoms with E-state index in [0.717, 1.165) is 23.7 Å². The summed E-state index contributed by atoms with van der Waals surface area (Å²) in [6.45, 7) is 6.40. The van der Waals surface area contributed by atoms with Gasteiger partial charge in [-0.2, -0.15) is 14.7 Å². The molecule has 0 unspecified atom stereocenters. The number of aromatic hydroxyl groups is 1. The number of fused-ring (bicyclic) bond motifs is 2. The first kappa shape index (κ1) is 21.8. The molecule has 0 aliphatic heterocycles. The summed E-state index contributed by atoms with van der Waals surface area (Å²) in [4.78, 5) is 30.1. The predicted molar refractivity (Wildman–Crippen MR) is 121 cm³/mol. The number of hydrogen-bond donors (Lipinski definition) is 3. The predicted octanol–water partition coefficient (Wildman–Crippen LogP) is 2.50. The number of amides is 1. The molecule has 0 radical (unpaired) electrons. The van der Waals surface area contributed by atoms with Crippen LogP contribution in [0.15, 0.2) is 29.3 Å². The zero-order valence-electron chi connectivity index (χ0n) is 17.9. The lowest BCUT2D eigenvalue weighted by Crippen LogP contribution is -2.35. The molecule has 3 N–H and O–H groups in total. The Bertz CT molecular complexity index is 1390. The fourth-order valence-corrected chi connectivity index (χ4v) is 3.64. The van der Waals surface area contributed by atoms with Gasteiger partial charge in [0.15, 0.2) is 5.56 Å². The number of carbonyl (C=O) groups is 1. The van der Waals surface area contributed by atoms with E-state index < -0.39 is 11.5 Å². The Hall–Kier alpha value is -3.40. The molecular weight excluding hydrogens is 434 g/mol. The van der Waals surface area contributed by atoms with E-state index in [-0.39, 0.29) is 35.3 Å². The van der Waals surface area contributed by atoms with Crippen LogP contribution in [0.2, 0.25) is 0 Å². The van der Waals surface area contributed by atoms with E-state index >= 15 is 0 Å². The first-order chi connectivity index (χ1) is 14.7. The second kappa shape index (κ2) is 7.63. The molecule has 0 bridgehead atoms. The van der Waals surface area contributed by atoms with Gasteiger partial charge in [-0.05, 0) is 24.3 Å². The highest BCUT2D eigenvalue weighted by Gasteiger charge is 2.30. The summed E-state index contributed by atoms with van der Waals surface area (Å²) in [6.07, 6.45) is 5.07. The molecular formula is C21H24ClN7O3. The van der Waals surface area contributed by atoms with Crippen molar-refractivity contribution in [3.8, 4) is 17.3 Å². The molecule has 32 heavy (non-hydrogen) atoms. The number of carbonyl (C=O) groups excluding carboxylic acids is 1. The van der Waals surface area contributed by atoms with Crippen LogP contribution in [0.4, 0.5) is 0 Å². The second-order valence-electron chi connectivity index (χ2n) is 9.19. The maximum atomic E-state index is 13.2. The molecule has 1 aliphatic carbocycles. The third-order valence-corrected chi connectivity index (χ3v) is 5.23. The van der Waals surface area contributed by atoms with Crippen molar-refractivity contribution in [1.82, 2.24) is 34.7 Å². The number of halogens is 1. The van der Waals surface area contributed by atoms with Crippen molar-refractivity contribution in [1.29, 1.82) is 0 Å². The highest BCUT2D eigenvalue weighted by atomic mass is 35.5. The topological polar surface area (TPSA) is 130 Å². The second-order valence-corrected chi connectivity index (χ2v) is 9.19. The van der Waals surface area contributed by atoms with E-state index in [9.17, 15) is 14.7 Å². The third-order valence-electron chi connectivity index (χ3n) is 5.23. The average molecular weight is 458 g/mol. The fourth-order valence-electron chi connectivity index (χ4n) is 3.64. The molecule has 4 heterocycles. The van der Waals surface area contributed by atoms with Gasteiger partial charge >= 0.3 is 0 Å². The Labute approximate surface area is 189 Å². The van der Waals surface area contributed by atoms with Crippen LogP contribution in [0, 0.1) is 5.41 Å². The fraction of sp³-hybridized carbons (Fsp3) is 0.381. The van der Waals surface area contributed by atoms with Gasteiger partial charge in [-0.25, -0.2) is 0 Å². The molecule has 168 valence electrons. The highest BCUT2D eigenvalue weighted by Crippen LogP contribution is 2.29. The normalized spacial score (nSPS) is 14.0. The maximum absolute atomic E-state index is 13.2. The van der Waals surface area contributed by atoms with Crippen molar-refractivity contribution in [2.24, 2.45) is 5.41 Å². The van der Waals surface area contributed by atoms with Gasteiger partial charge in [0.25, 0.3) is 11.5 Å².